The molecule has 0 amide bonds. The third kappa shape index (κ3) is 3.35. The van der Waals surface area contributed by atoms with Gasteiger partial charge in [-0.15, -0.1) is 0 Å². The van der Waals surface area contributed by atoms with E-state index in [1.165, 1.54) is 0 Å². The lowest BCUT2D eigenvalue weighted by Gasteiger charge is -2.30. The topological polar surface area (TPSA) is 68.5 Å². The van der Waals surface area contributed by atoms with Gasteiger partial charge in [-0.1, -0.05) is 48.5 Å². The Morgan fingerprint density at radius 2 is 1.70 bits per heavy atom. The smallest absolute Gasteiger partial charge is 0.229 e. The summed E-state index contributed by atoms with van der Waals surface area (Å²) in [6.07, 6.45) is 2.43. The molecular formula is C24H19NO4S. The Balaban J connectivity index is 1.74. The van der Waals surface area contributed by atoms with Crippen molar-refractivity contribution in [1.82, 2.24) is 0 Å². The van der Waals surface area contributed by atoms with Gasteiger partial charge in [-0.3, -0.25) is 4.72 Å². The maximum atomic E-state index is 11.8. The summed E-state index contributed by atoms with van der Waals surface area (Å²) >= 11 is 0. The molecule has 0 radical (unpaired) electrons. The quantitative estimate of drug-likeness (QED) is 0.478. The van der Waals surface area contributed by atoms with E-state index in [2.05, 4.69) is 4.72 Å². The van der Waals surface area contributed by atoms with Gasteiger partial charge in [-0.2, -0.15) is 0 Å². The van der Waals surface area contributed by atoms with Crippen LogP contribution in [0, 0.1) is 0 Å². The van der Waals surface area contributed by atoms with Crippen molar-refractivity contribution in [1.29, 1.82) is 0 Å². The molecule has 150 valence electrons. The normalized spacial score (nSPS) is 15.0. The van der Waals surface area contributed by atoms with Crippen molar-refractivity contribution in [3.8, 4) is 28.2 Å². The van der Waals surface area contributed by atoms with Gasteiger partial charge in [0.1, 0.15) is 17.6 Å². The van der Waals surface area contributed by atoms with Crippen LogP contribution in [0.25, 0.3) is 22.5 Å². The number of benzene rings is 3. The number of rotatable bonds is 4. The lowest BCUT2D eigenvalue weighted by atomic mass is 9.86. The molecule has 1 aliphatic rings. The molecule has 4 aromatic rings. The third-order valence-corrected chi connectivity index (χ3v) is 5.67. The molecule has 30 heavy (non-hydrogen) atoms. The highest BCUT2D eigenvalue weighted by Gasteiger charge is 2.30. The fraction of sp³-hybridized carbons (Fsp3) is 0.0833. The van der Waals surface area contributed by atoms with Gasteiger partial charge in [-0.25, -0.2) is 8.42 Å². The zero-order valence-corrected chi connectivity index (χ0v) is 17.0. The number of sulfonamides is 1. The highest BCUT2D eigenvalue weighted by molar-refractivity contribution is 7.92. The molecule has 0 fully saturated rings. The van der Waals surface area contributed by atoms with E-state index < -0.39 is 10.0 Å². The van der Waals surface area contributed by atoms with Crippen molar-refractivity contribution in [2.45, 2.75) is 6.10 Å². The summed E-state index contributed by atoms with van der Waals surface area (Å²) in [7, 11) is -3.40. The van der Waals surface area contributed by atoms with Crippen LogP contribution in [-0.2, 0) is 10.0 Å². The summed E-state index contributed by atoms with van der Waals surface area (Å²) in [5.41, 5.74) is 5.22. The van der Waals surface area contributed by atoms with Gasteiger partial charge in [-0.05, 0) is 41.5 Å². The van der Waals surface area contributed by atoms with Crippen LogP contribution < -0.4 is 9.46 Å². The van der Waals surface area contributed by atoms with E-state index >= 15 is 0 Å². The van der Waals surface area contributed by atoms with Gasteiger partial charge in [0.15, 0.2) is 0 Å². The Kier molecular flexibility index (Phi) is 4.37. The zero-order valence-electron chi connectivity index (χ0n) is 16.2. The molecule has 6 heteroatoms. The van der Waals surface area contributed by atoms with Crippen LogP contribution >= 0.6 is 0 Å². The molecule has 0 bridgehead atoms. The van der Waals surface area contributed by atoms with Crippen LogP contribution in [0.3, 0.4) is 0 Å². The van der Waals surface area contributed by atoms with Crippen molar-refractivity contribution in [3.05, 3.63) is 96.3 Å². The summed E-state index contributed by atoms with van der Waals surface area (Å²) in [6.45, 7) is 0. The van der Waals surface area contributed by atoms with Gasteiger partial charge in [0, 0.05) is 22.4 Å². The number of hydrogen-bond acceptors (Lipinski definition) is 4. The number of furan rings is 1. The minimum atomic E-state index is -3.40. The highest BCUT2D eigenvalue weighted by atomic mass is 32.2. The molecule has 3 aromatic carbocycles. The second kappa shape index (κ2) is 7.07. The predicted molar refractivity (Wildman–Crippen MR) is 117 cm³/mol. The summed E-state index contributed by atoms with van der Waals surface area (Å²) < 4.78 is 38.2. The highest BCUT2D eigenvalue weighted by Crippen LogP contribution is 2.49. The zero-order chi connectivity index (χ0) is 20.7. The van der Waals surface area contributed by atoms with Crippen molar-refractivity contribution in [2.24, 2.45) is 0 Å². The van der Waals surface area contributed by atoms with Crippen LogP contribution in [0.15, 0.2) is 89.5 Å². The van der Waals surface area contributed by atoms with E-state index in [0.29, 0.717) is 5.69 Å². The summed E-state index contributed by atoms with van der Waals surface area (Å²) in [4.78, 5) is 0. The maximum absolute atomic E-state index is 11.8. The molecule has 1 aliphatic heterocycles. The van der Waals surface area contributed by atoms with Crippen molar-refractivity contribution < 1.29 is 17.6 Å². The molecular weight excluding hydrogens is 398 g/mol. The molecule has 1 aromatic heterocycles. The van der Waals surface area contributed by atoms with Crippen molar-refractivity contribution >= 4 is 15.7 Å². The fourth-order valence-electron chi connectivity index (χ4n) is 3.90. The van der Waals surface area contributed by atoms with Gasteiger partial charge < -0.3 is 9.15 Å². The fourth-order valence-corrected chi connectivity index (χ4v) is 4.45. The lowest BCUT2D eigenvalue weighted by Crippen LogP contribution is -2.17. The molecule has 1 atom stereocenters. The molecule has 0 aliphatic carbocycles. The van der Waals surface area contributed by atoms with Crippen molar-refractivity contribution in [3.63, 3.8) is 0 Å². The first-order valence-corrected chi connectivity index (χ1v) is 11.4. The standard InChI is InChI=1S/C24H19NO4S/c1-30(26,27)25-17-12-13-18-20(15-17)24(16-7-3-2-4-8-16)29-22-10-5-9-19(23(18)22)21-11-6-14-28-21/h2-15,24-25H,1H3. The Labute approximate surface area is 175 Å². The number of anilines is 1. The molecule has 0 saturated heterocycles. The third-order valence-electron chi connectivity index (χ3n) is 5.07. The van der Waals surface area contributed by atoms with Crippen LogP contribution in [0.5, 0.6) is 5.75 Å². The first-order valence-electron chi connectivity index (χ1n) is 9.50. The molecule has 0 saturated carbocycles. The number of nitrogens with one attached hydrogen (secondary N) is 1. The molecule has 1 unspecified atom stereocenters. The van der Waals surface area contributed by atoms with Crippen molar-refractivity contribution in [2.75, 3.05) is 11.0 Å². The summed E-state index contributed by atoms with van der Waals surface area (Å²) in [6, 6.07) is 25.1. The average molecular weight is 417 g/mol. The largest absolute Gasteiger partial charge is 0.480 e. The predicted octanol–water partition coefficient (Wildman–Crippen LogP) is 5.47. The minimum Gasteiger partial charge on any atom is -0.480 e. The number of hydrogen-bond donors (Lipinski definition) is 1. The SMILES string of the molecule is CS(=O)(=O)Nc1ccc2c(c1)C(c1ccccc1)Oc1cccc(-c3ccco3)c1-2. The first kappa shape index (κ1) is 18.5. The van der Waals surface area contributed by atoms with E-state index in [-0.39, 0.29) is 6.10 Å². The number of ether oxygens (including phenoxy) is 1. The second-order valence-electron chi connectivity index (χ2n) is 7.24. The average Bonchev–Trinajstić information content (AvgIpc) is 3.27. The minimum absolute atomic E-state index is 0.359. The molecule has 5 rings (SSSR count). The van der Waals surface area contributed by atoms with Gasteiger partial charge in [0.25, 0.3) is 0 Å². The summed E-state index contributed by atoms with van der Waals surface area (Å²) in [5, 5.41) is 0. The first-order chi connectivity index (χ1) is 14.5. The Morgan fingerprint density at radius 3 is 2.43 bits per heavy atom. The molecule has 1 N–H and O–H groups in total. The second-order valence-corrected chi connectivity index (χ2v) is 8.99. The van der Waals surface area contributed by atoms with E-state index in [4.69, 9.17) is 9.15 Å². The van der Waals surface area contributed by atoms with Gasteiger partial charge in [0.05, 0.1) is 12.5 Å². The van der Waals surface area contributed by atoms with E-state index in [1.807, 2.05) is 72.8 Å². The van der Waals surface area contributed by atoms with Gasteiger partial charge in [0.2, 0.25) is 10.0 Å². The van der Waals surface area contributed by atoms with E-state index in [9.17, 15) is 8.42 Å². The number of fused-ring (bicyclic) bond motifs is 3. The molecule has 2 heterocycles. The molecule has 0 spiro atoms. The van der Waals surface area contributed by atoms with E-state index in [1.54, 1.807) is 12.3 Å². The van der Waals surface area contributed by atoms with Crippen LogP contribution in [0.4, 0.5) is 5.69 Å². The Hall–Kier alpha value is -3.51. The molecule has 5 nitrogen and oxygen atoms in total. The van der Waals surface area contributed by atoms with Gasteiger partial charge >= 0.3 is 0 Å². The van der Waals surface area contributed by atoms with Crippen LogP contribution in [0.2, 0.25) is 0 Å². The Bertz CT molecular complexity index is 1310. The lowest BCUT2D eigenvalue weighted by molar-refractivity contribution is 0.244. The summed E-state index contributed by atoms with van der Waals surface area (Å²) in [5.74, 6) is 1.51. The van der Waals surface area contributed by atoms with E-state index in [0.717, 1.165) is 45.6 Å². The monoisotopic (exact) mass is 417 g/mol. The van der Waals surface area contributed by atoms with Crippen LogP contribution in [0.1, 0.15) is 17.2 Å². The van der Waals surface area contributed by atoms with Crippen LogP contribution in [-0.4, -0.2) is 14.7 Å². The Morgan fingerprint density at radius 1 is 0.867 bits per heavy atom. The maximum Gasteiger partial charge on any atom is 0.229 e.